The van der Waals surface area contributed by atoms with E-state index in [9.17, 15) is 4.79 Å². The predicted octanol–water partition coefficient (Wildman–Crippen LogP) is 2.52. The fourth-order valence-electron chi connectivity index (χ4n) is 3.48. The lowest BCUT2D eigenvalue weighted by atomic mass is 10.0. The van der Waals surface area contributed by atoms with Gasteiger partial charge in [0.1, 0.15) is 0 Å². The van der Waals surface area contributed by atoms with E-state index in [-0.39, 0.29) is 10.7 Å². The molecule has 1 aliphatic heterocycles. The van der Waals surface area contributed by atoms with E-state index in [4.69, 9.17) is 4.99 Å². The van der Waals surface area contributed by atoms with E-state index >= 15 is 0 Å². The number of nitrogens with zero attached hydrogens (tertiary/aromatic N) is 1. The average molecular weight is 355 g/mol. The van der Waals surface area contributed by atoms with Crippen LogP contribution in [0.1, 0.15) is 58.8 Å². The summed E-state index contributed by atoms with van der Waals surface area (Å²) in [5.41, 5.74) is 0. The van der Waals surface area contributed by atoms with Crippen molar-refractivity contribution >= 4 is 23.6 Å². The Labute approximate surface area is 151 Å². The number of carbonyl (C=O) groups excluding carboxylic acids is 1. The van der Waals surface area contributed by atoms with Crippen molar-refractivity contribution in [3.8, 4) is 0 Å². The molecule has 1 saturated heterocycles. The van der Waals surface area contributed by atoms with Crippen LogP contribution in [0.4, 0.5) is 0 Å². The molecular formula is C18H34N4OS. The van der Waals surface area contributed by atoms with Crippen LogP contribution < -0.4 is 16.0 Å². The summed E-state index contributed by atoms with van der Waals surface area (Å²) in [6, 6.07) is 0. The Hall–Kier alpha value is -0.910. The number of aliphatic imine (C=N–C) groups is 1. The number of guanidine groups is 1. The summed E-state index contributed by atoms with van der Waals surface area (Å²) in [7, 11) is 0. The summed E-state index contributed by atoms with van der Waals surface area (Å²) >= 11 is 2.03. The Morgan fingerprint density at radius 1 is 1.17 bits per heavy atom. The van der Waals surface area contributed by atoms with Gasteiger partial charge in [-0.2, -0.15) is 11.8 Å². The second-order valence-electron chi connectivity index (χ2n) is 7.23. The molecule has 0 aromatic rings. The number of rotatable bonds is 8. The third-order valence-electron chi connectivity index (χ3n) is 4.90. The molecule has 3 N–H and O–H groups in total. The van der Waals surface area contributed by atoms with Gasteiger partial charge in [-0.05, 0) is 51.2 Å². The van der Waals surface area contributed by atoms with Crippen LogP contribution in [0.2, 0.25) is 0 Å². The zero-order valence-electron chi connectivity index (χ0n) is 15.3. The first-order valence-electron chi connectivity index (χ1n) is 9.54. The molecule has 1 amide bonds. The molecular weight excluding hydrogens is 320 g/mol. The highest BCUT2D eigenvalue weighted by Crippen LogP contribution is 2.37. The fourth-order valence-corrected chi connectivity index (χ4v) is 4.71. The Bertz CT molecular complexity index is 415. The summed E-state index contributed by atoms with van der Waals surface area (Å²) in [5, 5.41) is 9.64. The van der Waals surface area contributed by atoms with Gasteiger partial charge in [-0.25, -0.2) is 0 Å². The molecule has 6 heteroatoms. The molecule has 1 heterocycles. The molecule has 1 atom stereocenters. The van der Waals surface area contributed by atoms with E-state index in [2.05, 4.69) is 29.8 Å². The maximum Gasteiger partial charge on any atom is 0.220 e. The zero-order chi connectivity index (χ0) is 17.3. The maximum atomic E-state index is 11.9. The number of hydrogen-bond acceptors (Lipinski definition) is 3. The monoisotopic (exact) mass is 354 g/mol. The minimum Gasteiger partial charge on any atom is -0.357 e. The van der Waals surface area contributed by atoms with Crippen LogP contribution in [0.5, 0.6) is 0 Å². The highest BCUT2D eigenvalue weighted by molar-refractivity contribution is 8.00. The normalized spacial score (nSPS) is 25.0. The van der Waals surface area contributed by atoms with Gasteiger partial charge in [0.2, 0.25) is 5.91 Å². The van der Waals surface area contributed by atoms with Gasteiger partial charge in [-0.1, -0.05) is 12.8 Å². The number of amides is 1. The number of carbonyl (C=O) groups is 1. The molecule has 0 aromatic carbocycles. The highest BCUT2D eigenvalue weighted by atomic mass is 32.2. The van der Waals surface area contributed by atoms with Gasteiger partial charge in [-0.3, -0.25) is 9.79 Å². The Kier molecular flexibility index (Phi) is 8.22. The first kappa shape index (κ1) is 19.4. The van der Waals surface area contributed by atoms with E-state index in [0.717, 1.165) is 19.0 Å². The predicted molar refractivity (Wildman–Crippen MR) is 104 cm³/mol. The minimum atomic E-state index is 0.195. The largest absolute Gasteiger partial charge is 0.357 e. The topological polar surface area (TPSA) is 65.5 Å². The lowest BCUT2D eigenvalue weighted by molar-refractivity contribution is -0.121. The van der Waals surface area contributed by atoms with E-state index in [1.165, 1.54) is 44.3 Å². The molecule has 138 valence electrons. The second-order valence-corrected chi connectivity index (χ2v) is 8.91. The Morgan fingerprint density at radius 3 is 2.58 bits per heavy atom. The van der Waals surface area contributed by atoms with Crippen LogP contribution in [0, 0.1) is 5.92 Å². The highest BCUT2D eigenvalue weighted by Gasteiger charge is 2.29. The first-order chi connectivity index (χ1) is 11.6. The van der Waals surface area contributed by atoms with Crippen molar-refractivity contribution in [3.05, 3.63) is 0 Å². The SMILES string of the molecule is CCNC(=NCC1(C)CCCS1)NCCNC(=O)CC1CCCC1. The van der Waals surface area contributed by atoms with E-state index in [1.54, 1.807) is 0 Å². The zero-order valence-corrected chi connectivity index (χ0v) is 16.1. The van der Waals surface area contributed by atoms with Crippen LogP contribution in [0.3, 0.4) is 0 Å². The van der Waals surface area contributed by atoms with Crippen molar-refractivity contribution < 1.29 is 4.79 Å². The van der Waals surface area contributed by atoms with Crippen molar-refractivity contribution in [1.29, 1.82) is 0 Å². The van der Waals surface area contributed by atoms with Crippen LogP contribution >= 0.6 is 11.8 Å². The third kappa shape index (κ3) is 6.91. The quantitative estimate of drug-likeness (QED) is 0.356. The molecule has 24 heavy (non-hydrogen) atoms. The van der Waals surface area contributed by atoms with E-state index in [0.29, 0.717) is 25.4 Å². The van der Waals surface area contributed by atoms with Crippen molar-refractivity contribution in [2.75, 3.05) is 31.9 Å². The van der Waals surface area contributed by atoms with Crippen LogP contribution in [-0.2, 0) is 4.79 Å². The van der Waals surface area contributed by atoms with Crippen LogP contribution in [-0.4, -0.2) is 48.5 Å². The van der Waals surface area contributed by atoms with Crippen molar-refractivity contribution in [2.24, 2.45) is 10.9 Å². The van der Waals surface area contributed by atoms with Gasteiger partial charge in [0, 0.05) is 30.8 Å². The summed E-state index contributed by atoms with van der Waals surface area (Å²) in [6.07, 6.45) is 8.27. The van der Waals surface area contributed by atoms with Crippen molar-refractivity contribution in [2.45, 2.75) is 63.5 Å². The van der Waals surface area contributed by atoms with E-state index in [1.807, 2.05) is 11.8 Å². The van der Waals surface area contributed by atoms with Gasteiger partial charge in [-0.15, -0.1) is 0 Å². The van der Waals surface area contributed by atoms with Gasteiger partial charge in [0.15, 0.2) is 5.96 Å². The van der Waals surface area contributed by atoms with E-state index < -0.39 is 0 Å². The molecule has 2 fully saturated rings. The standard InChI is InChI=1S/C18H34N4OS/c1-3-19-17(22-14-18(2)9-6-12-24-18)21-11-10-20-16(23)13-15-7-4-5-8-15/h15H,3-14H2,1-2H3,(H,20,23)(H2,19,21,22). The molecule has 0 aromatic heterocycles. The molecule has 5 nitrogen and oxygen atoms in total. The first-order valence-corrected chi connectivity index (χ1v) is 10.5. The molecule has 2 aliphatic rings. The molecule has 0 bridgehead atoms. The fraction of sp³-hybridized carbons (Fsp3) is 0.889. The van der Waals surface area contributed by atoms with Crippen LogP contribution in [0.15, 0.2) is 4.99 Å². The molecule has 0 spiro atoms. The van der Waals surface area contributed by atoms with Gasteiger partial charge in [0.05, 0.1) is 6.54 Å². The second kappa shape index (κ2) is 10.2. The third-order valence-corrected chi connectivity index (χ3v) is 6.43. The molecule has 1 saturated carbocycles. The molecule has 1 aliphatic carbocycles. The van der Waals surface area contributed by atoms with Crippen LogP contribution in [0.25, 0.3) is 0 Å². The Morgan fingerprint density at radius 2 is 1.92 bits per heavy atom. The number of hydrogen-bond donors (Lipinski definition) is 3. The van der Waals surface area contributed by atoms with Gasteiger partial charge >= 0.3 is 0 Å². The lowest BCUT2D eigenvalue weighted by Crippen LogP contribution is -2.42. The Balaban J connectivity index is 1.64. The average Bonchev–Trinajstić information content (AvgIpc) is 3.21. The summed E-state index contributed by atoms with van der Waals surface area (Å²) in [5.74, 6) is 2.92. The van der Waals surface area contributed by atoms with Crippen molar-refractivity contribution in [1.82, 2.24) is 16.0 Å². The summed E-state index contributed by atoms with van der Waals surface area (Å²) < 4.78 is 0.290. The van der Waals surface area contributed by atoms with Gasteiger partial charge < -0.3 is 16.0 Å². The lowest BCUT2D eigenvalue weighted by Gasteiger charge is -2.21. The number of thioether (sulfide) groups is 1. The summed E-state index contributed by atoms with van der Waals surface area (Å²) in [4.78, 5) is 16.7. The van der Waals surface area contributed by atoms with Gasteiger partial charge in [0.25, 0.3) is 0 Å². The smallest absolute Gasteiger partial charge is 0.220 e. The van der Waals surface area contributed by atoms with Crippen molar-refractivity contribution in [3.63, 3.8) is 0 Å². The summed E-state index contributed by atoms with van der Waals surface area (Å²) in [6.45, 7) is 7.45. The molecule has 1 unspecified atom stereocenters. The molecule has 0 radical (unpaired) electrons. The molecule has 2 rings (SSSR count). The number of nitrogens with one attached hydrogen (secondary N) is 3. The minimum absolute atomic E-state index is 0.195. The maximum absolute atomic E-state index is 11.9.